The number of fused-ring (bicyclic) bond motifs is 1. The Hall–Kier alpha value is -2.34. The van der Waals surface area contributed by atoms with Crippen molar-refractivity contribution in [3.8, 4) is 11.3 Å². The summed E-state index contributed by atoms with van der Waals surface area (Å²) < 4.78 is 5.05. The summed E-state index contributed by atoms with van der Waals surface area (Å²) in [5.41, 5.74) is 10.0. The number of hydrogen-bond acceptors (Lipinski definition) is 5. The number of nitrogen functional groups attached to an aromatic ring is 1. The summed E-state index contributed by atoms with van der Waals surface area (Å²) in [5.74, 6) is -0.318. The van der Waals surface area contributed by atoms with Gasteiger partial charge in [-0.15, -0.1) is 11.3 Å². The standard InChI is InChI=1S/C15H15N3O2S/c1-3-20-14(19)9-4-5-11-10(6-9)13(8(2)17-11)12-7-21-15(16)18-12/h4-7,17H,3H2,1-2H3,(H2,16,18). The van der Waals surface area contributed by atoms with Gasteiger partial charge in [0.15, 0.2) is 5.13 Å². The molecule has 2 heterocycles. The van der Waals surface area contributed by atoms with Gasteiger partial charge in [0.1, 0.15) is 0 Å². The number of esters is 1. The molecular formula is C15H15N3O2S. The SMILES string of the molecule is CCOC(=O)c1ccc2[nH]c(C)c(-c3csc(N)n3)c2c1. The largest absolute Gasteiger partial charge is 0.462 e. The van der Waals surface area contributed by atoms with E-state index >= 15 is 0 Å². The first-order chi connectivity index (χ1) is 10.1. The Kier molecular flexibility index (Phi) is 3.39. The first-order valence-corrected chi connectivity index (χ1v) is 7.49. The van der Waals surface area contributed by atoms with Gasteiger partial charge in [0.25, 0.3) is 0 Å². The van der Waals surface area contributed by atoms with Crippen molar-refractivity contribution in [1.82, 2.24) is 9.97 Å². The molecule has 0 aliphatic heterocycles. The zero-order valence-electron chi connectivity index (χ0n) is 11.8. The highest BCUT2D eigenvalue weighted by atomic mass is 32.1. The van der Waals surface area contributed by atoms with Crippen LogP contribution in [-0.2, 0) is 4.74 Å². The summed E-state index contributed by atoms with van der Waals surface area (Å²) in [7, 11) is 0. The predicted octanol–water partition coefficient (Wildman–Crippen LogP) is 3.36. The van der Waals surface area contributed by atoms with E-state index in [2.05, 4.69) is 9.97 Å². The summed E-state index contributed by atoms with van der Waals surface area (Å²) in [5, 5.41) is 3.39. The molecule has 0 atom stereocenters. The van der Waals surface area contributed by atoms with E-state index in [0.29, 0.717) is 17.3 Å². The smallest absolute Gasteiger partial charge is 0.338 e. The van der Waals surface area contributed by atoms with Crippen LogP contribution in [0.25, 0.3) is 22.2 Å². The number of aromatic nitrogens is 2. The van der Waals surface area contributed by atoms with Crippen LogP contribution < -0.4 is 5.73 Å². The predicted molar refractivity (Wildman–Crippen MR) is 84.5 cm³/mol. The molecule has 0 saturated heterocycles. The molecule has 21 heavy (non-hydrogen) atoms. The highest BCUT2D eigenvalue weighted by molar-refractivity contribution is 7.13. The molecule has 108 valence electrons. The number of rotatable bonds is 3. The Morgan fingerprint density at radius 3 is 2.95 bits per heavy atom. The number of carbonyl (C=O) groups excluding carboxylic acids is 1. The molecule has 0 aliphatic carbocycles. The maximum absolute atomic E-state index is 11.9. The number of nitrogens with two attached hydrogens (primary N) is 1. The number of anilines is 1. The van der Waals surface area contributed by atoms with Gasteiger partial charge in [-0.05, 0) is 32.0 Å². The zero-order chi connectivity index (χ0) is 15.0. The molecule has 0 aliphatic rings. The normalized spacial score (nSPS) is 11.0. The minimum absolute atomic E-state index is 0.318. The third-order valence-electron chi connectivity index (χ3n) is 3.28. The van der Waals surface area contributed by atoms with Crippen molar-refractivity contribution in [1.29, 1.82) is 0 Å². The Morgan fingerprint density at radius 2 is 2.29 bits per heavy atom. The number of thiazole rings is 1. The van der Waals surface area contributed by atoms with Gasteiger partial charge >= 0.3 is 5.97 Å². The molecule has 0 spiro atoms. The molecule has 2 aromatic heterocycles. The second-order valence-corrected chi connectivity index (χ2v) is 5.57. The molecule has 0 unspecified atom stereocenters. The molecule has 0 amide bonds. The first kappa shape index (κ1) is 13.6. The average Bonchev–Trinajstić information content (AvgIpc) is 3.00. The fourth-order valence-electron chi connectivity index (χ4n) is 2.40. The van der Waals surface area contributed by atoms with Crippen molar-refractivity contribution >= 4 is 33.3 Å². The number of aromatic amines is 1. The molecule has 3 aromatic rings. The van der Waals surface area contributed by atoms with E-state index in [1.165, 1.54) is 11.3 Å². The van der Waals surface area contributed by atoms with Gasteiger partial charge in [0, 0.05) is 27.5 Å². The van der Waals surface area contributed by atoms with Crippen LogP contribution in [-0.4, -0.2) is 22.5 Å². The van der Waals surface area contributed by atoms with E-state index in [0.717, 1.165) is 27.9 Å². The monoisotopic (exact) mass is 301 g/mol. The molecule has 0 saturated carbocycles. The third kappa shape index (κ3) is 2.38. The van der Waals surface area contributed by atoms with E-state index in [-0.39, 0.29) is 5.97 Å². The number of H-pyrrole nitrogens is 1. The van der Waals surface area contributed by atoms with Crippen molar-refractivity contribution in [2.45, 2.75) is 13.8 Å². The maximum Gasteiger partial charge on any atom is 0.338 e. The summed E-state index contributed by atoms with van der Waals surface area (Å²) >= 11 is 1.40. The van der Waals surface area contributed by atoms with Crippen molar-refractivity contribution in [2.75, 3.05) is 12.3 Å². The molecule has 5 nitrogen and oxygen atoms in total. The lowest BCUT2D eigenvalue weighted by molar-refractivity contribution is 0.0526. The van der Waals surface area contributed by atoms with Crippen LogP contribution in [0, 0.1) is 6.92 Å². The maximum atomic E-state index is 11.9. The van der Waals surface area contributed by atoms with Crippen LogP contribution in [0.5, 0.6) is 0 Å². The minimum Gasteiger partial charge on any atom is -0.462 e. The Bertz CT molecular complexity index is 820. The van der Waals surface area contributed by atoms with Gasteiger partial charge in [-0.1, -0.05) is 0 Å². The van der Waals surface area contributed by atoms with Crippen LogP contribution in [0.1, 0.15) is 23.0 Å². The molecular weight excluding hydrogens is 286 g/mol. The average molecular weight is 301 g/mol. The fraction of sp³-hybridized carbons (Fsp3) is 0.200. The van der Waals surface area contributed by atoms with E-state index in [1.807, 2.05) is 24.4 Å². The second-order valence-electron chi connectivity index (χ2n) is 4.68. The summed E-state index contributed by atoms with van der Waals surface area (Å²) in [6.45, 7) is 4.13. The minimum atomic E-state index is -0.318. The molecule has 0 radical (unpaired) electrons. The Morgan fingerprint density at radius 1 is 1.48 bits per heavy atom. The number of benzene rings is 1. The van der Waals surface area contributed by atoms with Gasteiger partial charge in [-0.2, -0.15) is 0 Å². The van der Waals surface area contributed by atoms with Crippen molar-refractivity contribution in [3.05, 3.63) is 34.8 Å². The number of carbonyl (C=O) groups is 1. The molecule has 1 aromatic carbocycles. The number of nitrogens with one attached hydrogen (secondary N) is 1. The van der Waals surface area contributed by atoms with Crippen LogP contribution in [0.2, 0.25) is 0 Å². The van der Waals surface area contributed by atoms with Crippen LogP contribution >= 0.6 is 11.3 Å². The van der Waals surface area contributed by atoms with Gasteiger partial charge in [-0.25, -0.2) is 9.78 Å². The third-order valence-corrected chi connectivity index (χ3v) is 3.95. The molecule has 0 bridgehead atoms. The number of hydrogen-bond donors (Lipinski definition) is 2. The van der Waals surface area contributed by atoms with Crippen LogP contribution in [0.15, 0.2) is 23.6 Å². The topological polar surface area (TPSA) is 81.0 Å². The number of nitrogens with zero attached hydrogens (tertiary/aromatic N) is 1. The van der Waals surface area contributed by atoms with Crippen molar-refractivity contribution < 1.29 is 9.53 Å². The summed E-state index contributed by atoms with van der Waals surface area (Å²) in [6.07, 6.45) is 0. The van der Waals surface area contributed by atoms with E-state index < -0.39 is 0 Å². The van der Waals surface area contributed by atoms with Gasteiger partial charge < -0.3 is 15.5 Å². The van der Waals surface area contributed by atoms with E-state index in [4.69, 9.17) is 10.5 Å². The van der Waals surface area contributed by atoms with Gasteiger partial charge in [-0.3, -0.25) is 0 Å². The summed E-state index contributed by atoms with van der Waals surface area (Å²) in [6, 6.07) is 5.48. The zero-order valence-corrected chi connectivity index (χ0v) is 12.6. The number of ether oxygens (including phenoxy) is 1. The van der Waals surface area contributed by atoms with Crippen molar-refractivity contribution in [3.63, 3.8) is 0 Å². The highest BCUT2D eigenvalue weighted by Crippen LogP contribution is 2.33. The lowest BCUT2D eigenvalue weighted by Crippen LogP contribution is -2.04. The summed E-state index contributed by atoms with van der Waals surface area (Å²) in [4.78, 5) is 19.5. The quantitative estimate of drug-likeness (QED) is 0.727. The lowest BCUT2D eigenvalue weighted by Gasteiger charge is -2.02. The van der Waals surface area contributed by atoms with Crippen LogP contribution in [0.4, 0.5) is 5.13 Å². The molecule has 6 heteroatoms. The first-order valence-electron chi connectivity index (χ1n) is 6.61. The molecule has 3 N–H and O–H groups in total. The molecule has 3 rings (SSSR count). The van der Waals surface area contributed by atoms with E-state index in [1.54, 1.807) is 13.0 Å². The second kappa shape index (κ2) is 5.21. The Labute approximate surface area is 125 Å². The lowest BCUT2D eigenvalue weighted by atomic mass is 10.1. The van der Waals surface area contributed by atoms with Crippen LogP contribution in [0.3, 0.4) is 0 Å². The molecule has 0 fully saturated rings. The fourth-order valence-corrected chi connectivity index (χ4v) is 2.95. The number of aryl methyl sites for hydroxylation is 1. The van der Waals surface area contributed by atoms with Gasteiger partial charge in [0.05, 0.1) is 17.9 Å². The van der Waals surface area contributed by atoms with Crippen molar-refractivity contribution in [2.24, 2.45) is 0 Å². The highest BCUT2D eigenvalue weighted by Gasteiger charge is 2.15. The Balaban J connectivity index is 2.17. The van der Waals surface area contributed by atoms with Gasteiger partial charge in [0.2, 0.25) is 0 Å². The van der Waals surface area contributed by atoms with E-state index in [9.17, 15) is 4.79 Å².